The van der Waals surface area contributed by atoms with Crippen LogP contribution >= 0.6 is 15.9 Å². The Kier molecular flexibility index (Phi) is 3.19. The molecule has 0 aliphatic carbocycles. The summed E-state index contributed by atoms with van der Waals surface area (Å²) in [4.78, 5) is 24.2. The second-order valence-electron chi connectivity index (χ2n) is 4.26. The molecule has 1 amide bonds. The number of likely N-dealkylation sites (tertiary alicyclic amines) is 1. The van der Waals surface area contributed by atoms with Gasteiger partial charge in [-0.25, -0.2) is 0 Å². The maximum atomic E-state index is 12.0. The van der Waals surface area contributed by atoms with E-state index < -0.39 is 11.9 Å². The van der Waals surface area contributed by atoms with Crippen LogP contribution in [0.5, 0.6) is 0 Å². The standard InChI is InChI=1S/C12H12BrNO3/c1-7-2-8(4-10(13)3-7)11(15)14-5-9(6-14)12(16)17/h2-4,9H,5-6H2,1H3,(H,16,17). The van der Waals surface area contributed by atoms with E-state index in [2.05, 4.69) is 15.9 Å². The molecule has 17 heavy (non-hydrogen) atoms. The number of hydrogen-bond acceptors (Lipinski definition) is 2. The van der Waals surface area contributed by atoms with E-state index in [0.29, 0.717) is 18.7 Å². The van der Waals surface area contributed by atoms with E-state index in [0.717, 1.165) is 10.0 Å². The second kappa shape index (κ2) is 4.49. The lowest BCUT2D eigenvalue weighted by Crippen LogP contribution is -2.53. The number of halogens is 1. The molecular formula is C12H12BrNO3. The van der Waals surface area contributed by atoms with Gasteiger partial charge in [0, 0.05) is 23.1 Å². The molecule has 0 radical (unpaired) electrons. The van der Waals surface area contributed by atoms with Gasteiger partial charge in [0.25, 0.3) is 5.91 Å². The van der Waals surface area contributed by atoms with Crippen LogP contribution in [0.3, 0.4) is 0 Å². The van der Waals surface area contributed by atoms with Crippen LogP contribution in [0.2, 0.25) is 0 Å². The van der Waals surface area contributed by atoms with Crippen molar-refractivity contribution >= 4 is 27.8 Å². The lowest BCUT2D eigenvalue weighted by atomic mass is 9.99. The van der Waals surface area contributed by atoms with Crippen molar-refractivity contribution in [3.8, 4) is 0 Å². The van der Waals surface area contributed by atoms with Gasteiger partial charge in [-0.3, -0.25) is 9.59 Å². The Labute approximate surface area is 107 Å². The number of nitrogens with zero attached hydrogens (tertiary/aromatic N) is 1. The number of carboxylic acids is 1. The number of amides is 1. The molecule has 0 spiro atoms. The third-order valence-corrected chi connectivity index (χ3v) is 3.26. The molecule has 1 aliphatic heterocycles. The summed E-state index contributed by atoms with van der Waals surface area (Å²) in [7, 11) is 0. The molecule has 1 saturated heterocycles. The zero-order valence-electron chi connectivity index (χ0n) is 9.31. The largest absolute Gasteiger partial charge is 0.481 e. The van der Waals surface area contributed by atoms with Crippen molar-refractivity contribution in [1.29, 1.82) is 0 Å². The number of aryl methyl sites for hydroxylation is 1. The van der Waals surface area contributed by atoms with Crippen LogP contribution in [-0.2, 0) is 4.79 Å². The van der Waals surface area contributed by atoms with E-state index in [1.165, 1.54) is 0 Å². The fourth-order valence-electron chi connectivity index (χ4n) is 1.84. The number of carbonyl (C=O) groups excluding carboxylic acids is 1. The quantitative estimate of drug-likeness (QED) is 0.907. The van der Waals surface area contributed by atoms with Gasteiger partial charge < -0.3 is 10.0 Å². The highest BCUT2D eigenvalue weighted by Gasteiger charge is 2.35. The fourth-order valence-corrected chi connectivity index (χ4v) is 2.45. The van der Waals surface area contributed by atoms with E-state index in [9.17, 15) is 9.59 Å². The van der Waals surface area contributed by atoms with Gasteiger partial charge in [0.2, 0.25) is 0 Å². The molecule has 1 N–H and O–H groups in total. The first-order valence-electron chi connectivity index (χ1n) is 5.26. The van der Waals surface area contributed by atoms with Gasteiger partial charge in [-0.2, -0.15) is 0 Å². The maximum Gasteiger partial charge on any atom is 0.310 e. The van der Waals surface area contributed by atoms with Gasteiger partial charge in [0.15, 0.2) is 0 Å². The van der Waals surface area contributed by atoms with Crippen LogP contribution in [0.15, 0.2) is 22.7 Å². The monoisotopic (exact) mass is 297 g/mol. The zero-order valence-corrected chi connectivity index (χ0v) is 10.9. The molecule has 0 bridgehead atoms. The van der Waals surface area contributed by atoms with Crippen molar-refractivity contribution in [1.82, 2.24) is 4.90 Å². The molecule has 0 unspecified atom stereocenters. The Morgan fingerprint density at radius 2 is 2.00 bits per heavy atom. The molecule has 5 heteroatoms. The number of aliphatic carboxylic acids is 1. The highest BCUT2D eigenvalue weighted by Crippen LogP contribution is 2.21. The number of carboxylic acid groups (broad SMARTS) is 1. The molecule has 0 atom stereocenters. The molecule has 1 fully saturated rings. The van der Waals surface area contributed by atoms with E-state index in [1.807, 2.05) is 13.0 Å². The van der Waals surface area contributed by atoms with Crippen molar-refractivity contribution in [2.75, 3.05) is 13.1 Å². The van der Waals surface area contributed by atoms with Gasteiger partial charge in [-0.05, 0) is 30.7 Å². The first kappa shape index (κ1) is 12.1. The highest BCUT2D eigenvalue weighted by atomic mass is 79.9. The molecule has 2 rings (SSSR count). The van der Waals surface area contributed by atoms with Crippen LogP contribution in [0.1, 0.15) is 15.9 Å². The average Bonchev–Trinajstić information content (AvgIpc) is 2.12. The predicted octanol–water partition coefficient (Wildman–Crippen LogP) is 1.91. The minimum Gasteiger partial charge on any atom is -0.481 e. The summed E-state index contributed by atoms with van der Waals surface area (Å²) in [6.07, 6.45) is 0. The smallest absolute Gasteiger partial charge is 0.310 e. The lowest BCUT2D eigenvalue weighted by Gasteiger charge is -2.36. The summed E-state index contributed by atoms with van der Waals surface area (Å²) in [5.74, 6) is -1.35. The molecular weight excluding hydrogens is 286 g/mol. The van der Waals surface area contributed by atoms with Crippen LogP contribution < -0.4 is 0 Å². The minimum absolute atomic E-state index is 0.105. The Morgan fingerprint density at radius 3 is 2.53 bits per heavy atom. The van der Waals surface area contributed by atoms with Gasteiger partial charge in [0.1, 0.15) is 0 Å². The van der Waals surface area contributed by atoms with Gasteiger partial charge in [-0.1, -0.05) is 15.9 Å². The molecule has 90 valence electrons. The second-order valence-corrected chi connectivity index (χ2v) is 5.18. The molecule has 0 aromatic heterocycles. The zero-order chi connectivity index (χ0) is 12.6. The van der Waals surface area contributed by atoms with E-state index in [1.54, 1.807) is 17.0 Å². The van der Waals surface area contributed by atoms with E-state index in [-0.39, 0.29) is 5.91 Å². The van der Waals surface area contributed by atoms with Crippen molar-refractivity contribution in [3.05, 3.63) is 33.8 Å². The maximum absolute atomic E-state index is 12.0. The molecule has 1 aromatic carbocycles. The number of rotatable bonds is 2. The average molecular weight is 298 g/mol. The highest BCUT2D eigenvalue weighted by molar-refractivity contribution is 9.10. The topological polar surface area (TPSA) is 57.6 Å². The molecule has 1 aliphatic rings. The fraction of sp³-hybridized carbons (Fsp3) is 0.333. The summed E-state index contributed by atoms with van der Waals surface area (Å²) in [5, 5.41) is 8.75. The first-order chi connectivity index (χ1) is 7.97. The van der Waals surface area contributed by atoms with Crippen LogP contribution in [0.25, 0.3) is 0 Å². The van der Waals surface area contributed by atoms with Gasteiger partial charge in [-0.15, -0.1) is 0 Å². The number of carbonyl (C=O) groups is 2. The molecule has 1 aromatic rings. The first-order valence-corrected chi connectivity index (χ1v) is 6.06. The normalized spacial score (nSPS) is 15.5. The van der Waals surface area contributed by atoms with Crippen LogP contribution in [0.4, 0.5) is 0 Å². The predicted molar refractivity (Wildman–Crippen MR) is 65.9 cm³/mol. The number of benzene rings is 1. The molecule has 4 nitrogen and oxygen atoms in total. The third kappa shape index (κ3) is 2.49. The van der Waals surface area contributed by atoms with E-state index >= 15 is 0 Å². The van der Waals surface area contributed by atoms with E-state index in [4.69, 9.17) is 5.11 Å². The molecule has 1 heterocycles. The summed E-state index contributed by atoms with van der Waals surface area (Å²) < 4.78 is 0.858. The van der Waals surface area contributed by atoms with Crippen LogP contribution in [-0.4, -0.2) is 35.0 Å². The minimum atomic E-state index is -0.834. The Bertz CT molecular complexity index is 460. The van der Waals surface area contributed by atoms with Crippen molar-refractivity contribution in [3.63, 3.8) is 0 Å². The Hall–Kier alpha value is -1.36. The summed E-state index contributed by atoms with van der Waals surface area (Å²) in [5.41, 5.74) is 1.60. The van der Waals surface area contributed by atoms with Crippen molar-refractivity contribution in [2.45, 2.75) is 6.92 Å². The van der Waals surface area contributed by atoms with Crippen molar-refractivity contribution < 1.29 is 14.7 Å². The SMILES string of the molecule is Cc1cc(Br)cc(C(=O)N2CC(C(=O)O)C2)c1. The van der Waals surface area contributed by atoms with Gasteiger partial charge >= 0.3 is 5.97 Å². The van der Waals surface area contributed by atoms with Crippen LogP contribution in [0, 0.1) is 12.8 Å². The Morgan fingerprint density at radius 1 is 1.35 bits per heavy atom. The summed E-state index contributed by atoms with van der Waals surface area (Å²) in [6, 6.07) is 5.48. The molecule has 0 saturated carbocycles. The summed E-state index contributed by atoms with van der Waals surface area (Å²) in [6.45, 7) is 2.52. The third-order valence-electron chi connectivity index (χ3n) is 2.81. The van der Waals surface area contributed by atoms with Gasteiger partial charge in [0.05, 0.1) is 5.92 Å². The number of hydrogen-bond donors (Lipinski definition) is 1. The van der Waals surface area contributed by atoms with Crippen molar-refractivity contribution in [2.24, 2.45) is 5.92 Å². The summed E-state index contributed by atoms with van der Waals surface area (Å²) >= 11 is 3.34. The Balaban J connectivity index is 2.09. The lowest BCUT2D eigenvalue weighted by molar-refractivity contribution is -0.146.